The van der Waals surface area contributed by atoms with Gasteiger partial charge in [0.05, 0.1) is 27.4 Å². The molecule has 2 aromatic heterocycles. The first-order chi connectivity index (χ1) is 16.3. The minimum absolute atomic E-state index is 0.107. The molecular formula is C24H28F2N4O4S. The van der Waals surface area contributed by atoms with Gasteiger partial charge in [0.25, 0.3) is 12.0 Å². The first kappa shape index (κ1) is 25.2. The largest absolute Gasteiger partial charge is 0.388 e. The van der Waals surface area contributed by atoms with E-state index in [4.69, 9.17) is 0 Å². The maximum absolute atomic E-state index is 13.6. The van der Waals surface area contributed by atoms with Gasteiger partial charge in [-0.3, -0.25) is 9.36 Å². The van der Waals surface area contributed by atoms with Crippen molar-refractivity contribution in [2.24, 2.45) is 0 Å². The lowest BCUT2D eigenvalue weighted by atomic mass is 9.99. The highest BCUT2D eigenvalue weighted by Gasteiger charge is 2.40. The molecule has 0 radical (unpaired) electrons. The second kappa shape index (κ2) is 8.94. The zero-order chi connectivity index (χ0) is 25.7. The Bertz CT molecular complexity index is 1450. The quantitative estimate of drug-likeness (QED) is 0.508. The fourth-order valence-corrected chi connectivity index (χ4v) is 5.67. The van der Waals surface area contributed by atoms with Crippen molar-refractivity contribution in [2.45, 2.75) is 75.2 Å². The number of alkyl halides is 2. The van der Waals surface area contributed by atoms with Crippen molar-refractivity contribution < 1.29 is 22.3 Å². The van der Waals surface area contributed by atoms with Gasteiger partial charge in [-0.25, -0.2) is 22.2 Å². The van der Waals surface area contributed by atoms with E-state index in [0.29, 0.717) is 30.5 Å². The number of halogens is 2. The molecule has 2 N–H and O–H groups in total. The van der Waals surface area contributed by atoms with Crippen LogP contribution in [0.25, 0.3) is 11.0 Å². The van der Waals surface area contributed by atoms with E-state index in [2.05, 4.69) is 15.3 Å². The van der Waals surface area contributed by atoms with Gasteiger partial charge < -0.3 is 10.4 Å². The Morgan fingerprint density at radius 3 is 2.54 bits per heavy atom. The summed E-state index contributed by atoms with van der Waals surface area (Å²) in [7, 11) is -3.44. The fourth-order valence-electron chi connectivity index (χ4n) is 4.53. The normalized spacial score (nSPS) is 20.8. The Morgan fingerprint density at radius 1 is 1.26 bits per heavy atom. The van der Waals surface area contributed by atoms with E-state index in [9.17, 15) is 27.1 Å². The SMILES string of the molecule is Cc1cc(S(=O)(=O)C(C)C)ccc1Nc1ncc2cc(C(F)F)c(=O)n([C@@H]3CCC[C@@]3(C)O)c2n1. The summed E-state index contributed by atoms with van der Waals surface area (Å²) in [6, 6.07) is 5.03. The van der Waals surface area contributed by atoms with Crippen LogP contribution in [0.4, 0.5) is 20.4 Å². The van der Waals surface area contributed by atoms with Crippen LogP contribution in [0, 0.1) is 6.92 Å². The molecule has 0 aliphatic heterocycles. The molecule has 11 heteroatoms. The summed E-state index contributed by atoms with van der Waals surface area (Å²) >= 11 is 0. The van der Waals surface area contributed by atoms with Crippen molar-refractivity contribution in [1.82, 2.24) is 14.5 Å². The molecule has 1 aliphatic rings. The number of fused-ring (bicyclic) bond motifs is 1. The zero-order valence-electron chi connectivity index (χ0n) is 19.9. The Balaban J connectivity index is 1.81. The van der Waals surface area contributed by atoms with E-state index in [1.807, 2.05) is 0 Å². The number of hydrogen-bond donors (Lipinski definition) is 2. The van der Waals surface area contributed by atoms with Crippen molar-refractivity contribution in [3.8, 4) is 0 Å². The molecule has 0 bridgehead atoms. The summed E-state index contributed by atoms with van der Waals surface area (Å²) in [4.78, 5) is 21.9. The first-order valence-electron chi connectivity index (χ1n) is 11.4. The number of hydrogen-bond acceptors (Lipinski definition) is 7. The molecule has 1 fully saturated rings. The third kappa shape index (κ3) is 4.54. The van der Waals surface area contributed by atoms with E-state index < -0.39 is 44.3 Å². The van der Waals surface area contributed by atoms with Crippen molar-refractivity contribution in [3.05, 3.63) is 51.9 Å². The molecule has 0 amide bonds. The van der Waals surface area contributed by atoms with Gasteiger partial charge in [-0.1, -0.05) is 0 Å². The zero-order valence-corrected chi connectivity index (χ0v) is 20.7. The molecule has 0 unspecified atom stereocenters. The van der Waals surface area contributed by atoms with E-state index in [-0.39, 0.29) is 21.9 Å². The van der Waals surface area contributed by atoms with Gasteiger partial charge in [0.15, 0.2) is 9.84 Å². The Morgan fingerprint density at radius 2 is 1.97 bits per heavy atom. The van der Waals surface area contributed by atoms with Gasteiger partial charge in [-0.15, -0.1) is 0 Å². The summed E-state index contributed by atoms with van der Waals surface area (Å²) in [5.74, 6) is 0.107. The van der Waals surface area contributed by atoms with E-state index >= 15 is 0 Å². The lowest BCUT2D eigenvalue weighted by Gasteiger charge is -2.28. The molecule has 4 rings (SSSR count). The second-order valence-corrected chi connectivity index (χ2v) is 12.0. The van der Waals surface area contributed by atoms with Gasteiger partial charge in [-0.05, 0) is 76.8 Å². The molecule has 2 heterocycles. The monoisotopic (exact) mass is 506 g/mol. The van der Waals surface area contributed by atoms with Crippen LogP contribution in [0.5, 0.6) is 0 Å². The fraction of sp³-hybridized carbons (Fsp3) is 0.458. The highest BCUT2D eigenvalue weighted by atomic mass is 32.2. The maximum Gasteiger partial charge on any atom is 0.269 e. The van der Waals surface area contributed by atoms with Crippen LogP contribution < -0.4 is 10.9 Å². The molecule has 3 aromatic rings. The predicted molar refractivity (Wildman–Crippen MR) is 129 cm³/mol. The van der Waals surface area contributed by atoms with Gasteiger partial charge in [0, 0.05) is 17.3 Å². The Hall–Kier alpha value is -2.92. The number of pyridine rings is 1. The topological polar surface area (TPSA) is 114 Å². The Labute approximate surface area is 202 Å². The number of aliphatic hydroxyl groups is 1. The number of nitrogens with one attached hydrogen (secondary N) is 1. The van der Waals surface area contributed by atoms with E-state index in [1.165, 1.54) is 16.8 Å². The average molecular weight is 507 g/mol. The number of anilines is 2. The smallest absolute Gasteiger partial charge is 0.269 e. The van der Waals surface area contributed by atoms with Crippen molar-refractivity contribution >= 4 is 32.5 Å². The summed E-state index contributed by atoms with van der Waals surface area (Å²) in [5.41, 5.74) is -1.46. The van der Waals surface area contributed by atoms with Crippen molar-refractivity contribution in [1.29, 1.82) is 0 Å². The number of nitrogens with zero attached hydrogens (tertiary/aromatic N) is 3. The number of aryl methyl sites for hydroxylation is 1. The number of sulfone groups is 1. The third-order valence-electron chi connectivity index (χ3n) is 6.62. The minimum atomic E-state index is -3.44. The standard InChI is InChI=1S/C24H28F2N4O4S/c1-13(2)35(33,34)16-7-8-18(14(3)10-16)28-23-27-12-15-11-17(20(25)26)22(31)30(21(15)29-23)19-6-5-9-24(19,4)32/h7-8,10-13,19-20,32H,5-6,9H2,1-4H3,(H,27,28,29)/t19-,24-/m1/s1. The molecule has 0 saturated heterocycles. The average Bonchev–Trinajstić information content (AvgIpc) is 3.12. The molecule has 188 valence electrons. The molecule has 1 aromatic carbocycles. The minimum Gasteiger partial charge on any atom is -0.388 e. The molecule has 1 saturated carbocycles. The molecular weight excluding hydrogens is 478 g/mol. The predicted octanol–water partition coefficient (Wildman–Crippen LogP) is 4.44. The second-order valence-electron chi connectivity index (χ2n) is 9.51. The maximum atomic E-state index is 13.6. The summed E-state index contributed by atoms with van der Waals surface area (Å²) < 4.78 is 53.4. The first-order valence-corrected chi connectivity index (χ1v) is 12.9. The van der Waals surface area contributed by atoms with Gasteiger partial charge in [0.2, 0.25) is 5.95 Å². The van der Waals surface area contributed by atoms with Gasteiger partial charge >= 0.3 is 0 Å². The van der Waals surface area contributed by atoms with Gasteiger partial charge in [-0.2, -0.15) is 4.98 Å². The molecule has 0 spiro atoms. The van der Waals surface area contributed by atoms with E-state index in [1.54, 1.807) is 39.8 Å². The van der Waals surface area contributed by atoms with Crippen LogP contribution in [0.2, 0.25) is 0 Å². The summed E-state index contributed by atoms with van der Waals surface area (Å²) in [6.07, 6.45) is -0.0995. The van der Waals surface area contributed by atoms with Crippen LogP contribution in [-0.2, 0) is 9.84 Å². The summed E-state index contributed by atoms with van der Waals surface area (Å²) in [6.45, 7) is 6.55. The number of aromatic nitrogens is 3. The highest BCUT2D eigenvalue weighted by molar-refractivity contribution is 7.92. The van der Waals surface area contributed by atoms with Crippen LogP contribution in [0.15, 0.2) is 40.2 Å². The lowest BCUT2D eigenvalue weighted by molar-refractivity contribution is 0.0261. The number of benzene rings is 1. The van der Waals surface area contributed by atoms with Crippen LogP contribution >= 0.6 is 0 Å². The van der Waals surface area contributed by atoms with Crippen LogP contribution in [0.3, 0.4) is 0 Å². The van der Waals surface area contributed by atoms with Crippen LogP contribution in [0.1, 0.15) is 63.6 Å². The van der Waals surface area contributed by atoms with Crippen LogP contribution in [-0.4, -0.2) is 38.9 Å². The Kier molecular flexibility index (Phi) is 6.43. The summed E-state index contributed by atoms with van der Waals surface area (Å²) in [5, 5.41) is 13.6. The molecule has 1 aliphatic carbocycles. The van der Waals surface area contributed by atoms with Crippen molar-refractivity contribution in [2.75, 3.05) is 5.32 Å². The highest BCUT2D eigenvalue weighted by Crippen LogP contribution is 2.40. The van der Waals surface area contributed by atoms with E-state index in [0.717, 1.165) is 6.07 Å². The molecule has 8 nitrogen and oxygen atoms in total. The third-order valence-corrected chi connectivity index (χ3v) is 8.77. The lowest BCUT2D eigenvalue weighted by Crippen LogP contribution is -2.38. The molecule has 35 heavy (non-hydrogen) atoms. The van der Waals surface area contributed by atoms with Crippen molar-refractivity contribution in [3.63, 3.8) is 0 Å². The van der Waals surface area contributed by atoms with Gasteiger partial charge in [0.1, 0.15) is 5.65 Å². The number of rotatable bonds is 6. The molecule has 2 atom stereocenters.